The first kappa shape index (κ1) is 20.3. The Bertz CT molecular complexity index is 1270. The highest BCUT2D eigenvalue weighted by Gasteiger charge is 2.20. The van der Waals surface area contributed by atoms with Crippen LogP contribution in [0.15, 0.2) is 57.9 Å². The number of nitrogens with one attached hydrogen (secondary N) is 2. The summed E-state index contributed by atoms with van der Waals surface area (Å²) in [5, 5.41) is 15.4. The van der Waals surface area contributed by atoms with Gasteiger partial charge in [-0.25, -0.2) is 4.98 Å². The van der Waals surface area contributed by atoms with Crippen LogP contribution in [0.1, 0.15) is 32.4 Å². The molecule has 0 spiro atoms. The Morgan fingerprint density at radius 3 is 2.65 bits per heavy atom. The molecule has 0 unspecified atom stereocenters. The fourth-order valence-corrected chi connectivity index (χ4v) is 2.89. The van der Waals surface area contributed by atoms with E-state index in [4.69, 9.17) is 9.05 Å². The number of pyridine rings is 1. The van der Waals surface area contributed by atoms with Crippen LogP contribution in [-0.2, 0) is 10.2 Å². The van der Waals surface area contributed by atoms with Crippen molar-refractivity contribution in [1.29, 1.82) is 0 Å². The summed E-state index contributed by atoms with van der Waals surface area (Å²) in [6, 6.07) is 9.42. The van der Waals surface area contributed by atoms with E-state index in [9.17, 15) is 4.79 Å². The van der Waals surface area contributed by atoms with E-state index < -0.39 is 0 Å². The molecule has 158 valence electrons. The largest absolute Gasteiger partial charge is 0.359 e. The summed E-state index contributed by atoms with van der Waals surface area (Å²) in [6.45, 7) is 7.76. The van der Waals surface area contributed by atoms with Gasteiger partial charge in [0, 0.05) is 47.8 Å². The van der Waals surface area contributed by atoms with Crippen molar-refractivity contribution in [2.75, 3.05) is 10.6 Å². The molecule has 2 N–H and O–H groups in total. The van der Waals surface area contributed by atoms with E-state index in [0.717, 1.165) is 16.3 Å². The highest BCUT2D eigenvalue weighted by atomic mass is 16.5. The van der Waals surface area contributed by atoms with E-state index >= 15 is 0 Å². The van der Waals surface area contributed by atoms with Gasteiger partial charge in [-0.05, 0) is 17.5 Å². The van der Waals surface area contributed by atoms with Gasteiger partial charge in [-0.1, -0.05) is 43.2 Å². The number of benzene rings is 1. The fourth-order valence-electron chi connectivity index (χ4n) is 2.89. The number of nitrogens with zero attached hydrogens (tertiary/aromatic N) is 4. The SMILES string of the molecule is Cc1nc(-c2ccc3ccnc(NC=CC(=O)Nc4cc(C(C)(C)C)on4)c3c2)no1. The minimum atomic E-state index is -0.343. The average Bonchev–Trinajstić information content (AvgIpc) is 3.37. The van der Waals surface area contributed by atoms with Crippen LogP contribution < -0.4 is 10.6 Å². The van der Waals surface area contributed by atoms with E-state index in [0.29, 0.717) is 29.1 Å². The molecule has 0 bridgehead atoms. The summed E-state index contributed by atoms with van der Waals surface area (Å²) in [6.07, 6.45) is 4.57. The first-order valence-corrected chi connectivity index (χ1v) is 9.70. The van der Waals surface area contributed by atoms with Crippen molar-refractivity contribution in [3.05, 3.63) is 60.5 Å². The van der Waals surface area contributed by atoms with Crippen LogP contribution in [-0.4, -0.2) is 26.2 Å². The Balaban J connectivity index is 1.48. The lowest BCUT2D eigenvalue weighted by atomic mass is 9.93. The van der Waals surface area contributed by atoms with Gasteiger partial charge in [0.15, 0.2) is 5.82 Å². The Morgan fingerprint density at radius 2 is 1.94 bits per heavy atom. The number of aromatic nitrogens is 4. The fraction of sp³-hybridized carbons (Fsp3) is 0.227. The molecule has 0 aliphatic carbocycles. The second kappa shape index (κ2) is 8.02. The molecule has 1 amide bonds. The van der Waals surface area contributed by atoms with E-state index in [-0.39, 0.29) is 11.3 Å². The average molecular weight is 418 g/mol. The minimum Gasteiger partial charge on any atom is -0.359 e. The zero-order valence-electron chi connectivity index (χ0n) is 17.6. The number of hydrogen-bond acceptors (Lipinski definition) is 8. The third-order valence-corrected chi connectivity index (χ3v) is 4.51. The predicted octanol–water partition coefficient (Wildman–Crippen LogP) is 4.44. The molecule has 0 fully saturated rings. The van der Waals surface area contributed by atoms with Crippen molar-refractivity contribution in [2.45, 2.75) is 33.1 Å². The maximum absolute atomic E-state index is 12.2. The van der Waals surface area contributed by atoms with Crippen LogP contribution in [0.3, 0.4) is 0 Å². The van der Waals surface area contributed by atoms with Gasteiger partial charge in [-0.15, -0.1) is 0 Å². The Hall–Kier alpha value is -4.01. The van der Waals surface area contributed by atoms with E-state index in [2.05, 4.69) is 30.9 Å². The summed E-state index contributed by atoms with van der Waals surface area (Å²) < 4.78 is 10.3. The quantitative estimate of drug-likeness (QED) is 0.457. The first-order valence-electron chi connectivity index (χ1n) is 9.70. The van der Waals surface area contributed by atoms with Gasteiger partial charge in [0.05, 0.1) is 0 Å². The number of fused-ring (bicyclic) bond motifs is 1. The second-order valence-corrected chi connectivity index (χ2v) is 8.03. The van der Waals surface area contributed by atoms with Gasteiger partial charge in [0.25, 0.3) is 5.91 Å². The van der Waals surface area contributed by atoms with Gasteiger partial charge in [0.2, 0.25) is 11.7 Å². The van der Waals surface area contributed by atoms with Crippen molar-refractivity contribution in [1.82, 2.24) is 20.3 Å². The van der Waals surface area contributed by atoms with Crippen molar-refractivity contribution < 1.29 is 13.8 Å². The molecule has 9 heteroatoms. The maximum atomic E-state index is 12.2. The third kappa shape index (κ3) is 4.61. The van der Waals surface area contributed by atoms with Gasteiger partial charge in [-0.3, -0.25) is 4.79 Å². The van der Waals surface area contributed by atoms with E-state index in [1.54, 1.807) is 19.2 Å². The van der Waals surface area contributed by atoms with E-state index in [1.165, 1.54) is 12.3 Å². The third-order valence-electron chi connectivity index (χ3n) is 4.51. The van der Waals surface area contributed by atoms with Crippen LogP contribution in [0.25, 0.3) is 22.2 Å². The normalized spacial score (nSPS) is 11.9. The number of aryl methyl sites for hydroxylation is 1. The summed E-state index contributed by atoms with van der Waals surface area (Å²) in [7, 11) is 0. The highest BCUT2D eigenvalue weighted by molar-refractivity contribution is 5.99. The monoisotopic (exact) mass is 418 g/mol. The molecule has 0 saturated carbocycles. The molecule has 3 heterocycles. The van der Waals surface area contributed by atoms with Crippen molar-refractivity contribution in [2.24, 2.45) is 0 Å². The number of rotatable bonds is 5. The molecule has 3 aromatic heterocycles. The molecule has 0 aliphatic rings. The van der Waals surface area contributed by atoms with E-state index in [1.807, 2.05) is 45.0 Å². The molecule has 31 heavy (non-hydrogen) atoms. The zero-order valence-corrected chi connectivity index (χ0v) is 17.6. The minimum absolute atomic E-state index is 0.188. The Morgan fingerprint density at radius 1 is 1.10 bits per heavy atom. The molecule has 0 radical (unpaired) electrons. The molecule has 0 atom stereocenters. The zero-order chi connectivity index (χ0) is 22.0. The lowest BCUT2D eigenvalue weighted by molar-refractivity contribution is -0.111. The number of anilines is 2. The van der Waals surface area contributed by atoms with Gasteiger partial charge >= 0.3 is 0 Å². The molecular formula is C22H22N6O3. The number of hydrogen-bond donors (Lipinski definition) is 2. The van der Waals surface area contributed by atoms with Crippen LogP contribution in [0, 0.1) is 6.92 Å². The van der Waals surface area contributed by atoms with Crippen molar-refractivity contribution in [3.63, 3.8) is 0 Å². The number of carbonyl (C=O) groups excluding carboxylic acids is 1. The molecule has 4 aromatic rings. The highest BCUT2D eigenvalue weighted by Crippen LogP contribution is 2.27. The maximum Gasteiger partial charge on any atom is 0.251 e. The summed E-state index contributed by atoms with van der Waals surface area (Å²) in [4.78, 5) is 20.8. The second-order valence-electron chi connectivity index (χ2n) is 8.03. The molecule has 0 saturated heterocycles. The van der Waals surface area contributed by atoms with Gasteiger partial charge in [0.1, 0.15) is 11.6 Å². The Kier molecular flexibility index (Phi) is 5.24. The number of amides is 1. The predicted molar refractivity (Wildman–Crippen MR) is 116 cm³/mol. The molecule has 4 rings (SSSR count). The summed E-state index contributed by atoms with van der Waals surface area (Å²) in [5.74, 6) is 2.31. The van der Waals surface area contributed by atoms with Gasteiger partial charge in [-0.2, -0.15) is 4.98 Å². The van der Waals surface area contributed by atoms with Crippen LogP contribution >= 0.6 is 0 Å². The smallest absolute Gasteiger partial charge is 0.251 e. The summed E-state index contributed by atoms with van der Waals surface area (Å²) in [5.41, 5.74) is 0.620. The van der Waals surface area contributed by atoms with Gasteiger partial charge < -0.3 is 19.7 Å². The van der Waals surface area contributed by atoms with Crippen LogP contribution in [0.5, 0.6) is 0 Å². The molecule has 9 nitrogen and oxygen atoms in total. The standard InChI is InChI=1S/C22H22N6O3/c1-13-25-20(28-30-13)15-6-5-14-7-9-23-21(16(14)11-15)24-10-8-19(29)26-18-12-17(31-27-18)22(2,3)4/h5-12H,1-4H3,(H,23,24)(H,26,27,29). The Labute approximate surface area is 178 Å². The van der Waals surface area contributed by atoms with Crippen LogP contribution in [0.4, 0.5) is 11.6 Å². The van der Waals surface area contributed by atoms with Crippen LogP contribution in [0.2, 0.25) is 0 Å². The number of carbonyl (C=O) groups is 1. The topological polar surface area (TPSA) is 119 Å². The lowest BCUT2D eigenvalue weighted by Crippen LogP contribution is -2.10. The lowest BCUT2D eigenvalue weighted by Gasteiger charge is -2.11. The summed E-state index contributed by atoms with van der Waals surface area (Å²) >= 11 is 0. The molecule has 0 aliphatic heterocycles. The van der Waals surface area contributed by atoms with Crippen molar-refractivity contribution in [3.8, 4) is 11.4 Å². The van der Waals surface area contributed by atoms with Crippen molar-refractivity contribution >= 4 is 28.3 Å². The first-order chi connectivity index (χ1) is 14.8. The molecule has 1 aromatic carbocycles. The molecular weight excluding hydrogens is 396 g/mol.